The Hall–Kier alpha value is -1.67. The van der Waals surface area contributed by atoms with Crippen LogP contribution in [-0.4, -0.2) is 33.9 Å². The van der Waals surface area contributed by atoms with Crippen molar-refractivity contribution in [3.8, 4) is 0 Å². The van der Waals surface area contributed by atoms with Gasteiger partial charge in [-0.2, -0.15) is 13.2 Å². The molecular weight excluding hydrogens is 267 g/mol. The van der Waals surface area contributed by atoms with E-state index in [9.17, 15) is 28.2 Å². The molecule has 0 aliphatic carbocycles. The van der Waals surface area contributed by atoms with Crippen molar-refractivity contribution in [2.24, 2.45) is 0 Å². The van der Waals surface area contributed by atoms with E-state index in [0.29, 0.717) is 12.3 Å². The van der Waals surface area contributed by atoms with Crippen molar-refractivity contribution >= 4 is 5.97 Å². The molecule has 0 spiro atoms. The van der Waals surface area contributed by atoms with E-state index in [2.05, 4.69) is 9.72 Å². The number of carbonyl (C=O) groups is 1. The molecular formula is C11H12F3NO4. The van der Waals surface area contributed by atoms with Gasteiger partial charge in [-0.15, -0.1) is 0 Å². The molecule has 106 valence electrons. The summed E-state index contributed by atoms with van der Waals surface area (Å²) in [5.74, 6) is -1.07. The lowest BCUT2D eigenvalue weighted by molar-refractivity contribution is -0.159. The van der Waals surface area contributed by atoms with Crippen molar-refractivity contribution < 1.29 is 32.9 Å². The molecule has 0 saturated heterocycles. The highest BCUT2D eigenvalue weighted by Gasteiger charge is 2.32. The van der Waals surface area contributed by atoms with Crippen molar-refractivity contribution in [3.63, 3.8) is 0 Å². The molecule has 0 saturated carbocycles. The van der Waals surface area contributed by atoms with Crippen LogP contribution in [0.3, 0.4) is 0 Å². The first-order chi connectivity index (χ1) is 8.77. The Morgan fingerprint density at radius 3 is 2.47 bits per heavy atom. The van der Waals surface area contributed by atoms with Crippen LogP contribution >= 0.6 is 0 Å². The van der Waals surface area contributed by atoms with Gasteiger partial charge < -0.3 is 14.9 Å². The summed E-state index contributed by atoms with van der Waals surface area (Å²) >= 11 is 0. The van der Waals surface area contributed by atoms with Crippen LogP contribution < -0.4 is 0 Å². The number of nitrogens with zero attached hydrogens (tertiary/aromatic N) is 1. The van der Waals surface area contributed by atoms with Gasteiger partial charge in [-0.25, -0.2) is 4.79 Å². The highest BCUT2D eigenvalue weighted by atomic mass is 19.4. The highest BCUT2D eigenvalue weighted by Crippen LogP contribution is 2.29. The number of aromatic nitrogens is 1. The quantitative estimate of drug-likeness (QED) is 0.806. The molecule has 1 aromatic heterocycles. The van der Waals surface area contributed by atoms with Gasteiger partial charge >= 0.3 is 12.1 Å². The van der Waals surface area contributed by atoms with Crippen LogP contribution in [0.1, 0.15) is 24.3 Å². The largest absolute Gasteiger partial charge is 0.464 e. The average molecular weight is 279 g/mol. The fourth-order valence-corrected chi connectivity index (χ4v) is 1.27. The van der Waals surface area contributed by atoms with Gasteiger partial charge in [0.2, 0.25) is 0 Å². The molecule has 8 heteroatoms. The number of pyridine rings is 1. The summed E-state index contributed by atoms with van der Waals surface area (Å²) in [6.45, 7) is 1.51. The van der Waals surface area contributed by atoms with Crippen LogP contribution in [0, 0.1) is 0 Å². The van der Waals surface area contributed by atoms with Crippen molar-refractivity contribution in [1.82, 2.24) is 4.98 Å². The zero-order valence-electron chi connectivity index (χ0n) is 9.89. The molecule has 2 atom stereocenters. The van der Waals surface area contributed by atoms with Crippen LogP contribution in [0.4, 0.5) is 13.2 Å². The first-order valence-corrected chi connectivity index (χ1v) is 5.33. The van der Waals surface area contributed by atoms with Gasteiger partial charge in [0.1, 0.15) is 6.10 Å². The van der Waals surface area contributed by atoms with Gasteiger partial charge in [0.05, 0.1) is 17.9 Å². The zero-order valence-corrected chi connectivity index (χ0v) is 9.89. The van der Waals surface area contributed by atoms with Crippen LogP contribution in [0.5, 0.6) is 0 Å². The molecule has 0 aliphatic rings. The van der Waals surface area contributed by atoms with E-state index in [4.69, 9.17) is 0 Å². The number of hydrogen-bond acceptors (Lipinski definition) is 5. The summed E-state index contributed by atoms with van der Waals surface area (Å²) in [7, 11) is 0. The number of aliphatic hydroxyl groups excluding tert-OH is 2. The lowest BCUT2D eigenvalue weighted by Gasteiger charge is -2.16. The second-order valence-electron chi connectivity index (χ2n) is 3.61. The fraction of sp³-hybridized carbons (Fsp3) is 0.455. The first kappa shape index (κ1) is 15.4. The first-order valence-electron chi connectivity index (χ1n) is 5.33. The maximum Gasteiger partial charge on any atom is 0.417 e. The van der Waals surface area contributed by atoms with Gasteiger partial charge in [0, 0.05) is 6.20 Å². The smallest absolute Gasteiger partial charge is 0.417 e. The Morgan fingerprint density at radius 1 is 1.42 bits per heavy atom. The molecule has 2 N–H and O–H groups in total. The minimum Gasteiger partial charge on any atom is -0.464 e. The predicted molar refractivity (Wildman–Crippen MR) is 56.8 cm³/mol. The SMILES string of the molecule is CCOC(=O)C(O)C(O)c1ccc(C(F)(F)F)cn1. The number of aliphatic hydroxyl groups is 2. The average Bonchev–Trinajstić information content (AvgIpc) is 2.36. The molecule has 0 radical (unpaired) electrons. The molecule has 19 heavy (non-hydrogen) atoms. The van der Waals surface area contributed by atoms with E-state index in [1.165, 1.54) is 6.92 Å². The number of carbonyl (C=O) groups excluding carboxylic acids is 1. The Kier molecular flexibility index (Phi) is 4.84. The lowest BCUT2D eigenvalue weighted by atomic mass is 10.1. The van der Waals surface area contributed by atoms with Gasteiger partial charge in [-0.3, -0.25) is 4.98 Å². The minimum atomic E-state index is -4.55. The van der Waals surface area contributed by atoms with Crippen LogP contribution in [-0.2, 0) is 15.7 Å². The van der Waals surface area contributed by atoms with Crippen molar-refractivity contribution in [2.75, 3.05) is 6.61 Å². The van der Waals surface area contributed by atoms with E-state index >= 15 is 0 Å². The molecule has 0 amide bonds. The van der Waals surface area contributed by atoms with E-state index in [1.807, 2.05) is 0 Å². The number of esters is 1. The Bertz CT molecular complexity index is 433. The third kappa shape index (κ3) is 3.90. The van der Waals surface area contributed by atoms with Gasteiger partial charge in [-0.05, 0) is 19.1 Å². The third-order valence-electron chi connectivity index (χ3n) is 2.24. The molecule has 0 aliphatic heterocycles. The lowest BCUT2D eigenvalue weighted by Crippen LogP contribution is -2.30. The molecule has 1 rings (SSSR count). The summed E-state index contributed by atoms with van der Waals surface area (Å²) < 4.78 is 41.3. The number of rotatable bonds is 4. The molecule has 5 nitrogen and oxygen atoms in total. The molecule has 0 aromatic carbocycles. The van der Waals surface area contributed by atoms with Crippen LogP contribution in [0.15, 0.2) is 18.3 Å². The minimum absolute atomic E-state index is 0.00303. The molecule has 1 heterocycles. The second kappa shape index (κ2) is 5.98. The van der Waals surface area contributed by atoms with Crippen LogP contribution in [0.2, 0.25) is 0 Å². The summed E-state index contributed by atoms with van der Waals surface area (Å²) in [4.78, 5) is 14.5. The summed E-state index contributed by atoms with van der Waals surface area (Å²) in [5.41, 5.74) is -1.25. The van der Waals surface area contributed by atoms with Gasteiger partial charge in [0.15, 0.2) is 6.10 Å². The van der Waals surface area contributed by atoms with Gasteiger partial charge in [0.25, 0.3) is 0 Å². The number of hydrogen-bond donors (Lipinski definition) is 2. The standard InChI is InChI=1S/C11H12F3NO4/c1-2-19-10(18)9(17)8(16)7-4-3-6(5-15-7)11(12,13)14/h3-5,8-9,16-17H,2H2,1H3. The number of alkyl halides is 3. The number of halogens is 3. The van der Waals surface area contributed by atoms with E-state index in [1.54, 1.807) is 0 Å². The topological polar surface area (TPSA) is 79.7 Å². The van der Waals surface area contributed by atoms with Crippen LogP contribution in [0.25, 0.3) is 0 Å². The van der Waals surface area contributed by atoms with Gasteiger partial charge in [-0.1, -0.05) is 0 Å². The Labute approximate surface area is 106 Å². The second-order valence-corrected chi connectivity index (χ2v) is 3.61. The van der Waals surface area contributed by atoms with E-state index < -0.39 is 29.9 Å². The maximum absolute atomic E-state index is 12.3. The molecule has 2 unspecified atom stereocenters. The Morgan fingerprint density at radius 2 is 2.05 bits per heavy atom. The van der Waals surface area contributed by atoms with Crippen molar-refractivity contribution in [2.45, 2.75) is 25.3 Å². The summed E-state index contributed by atoms with van der Waals surface area (Å²) in [6.07, 6.45) is -7.68. The molecule has 1 aromatic rings. The molecule has 0 bridgehead atoms. The van der Waals surface area contributed by atoms with E-state index in [-0.39, 0.29) is 12.3 Å². The van der Waals surface area contributed by atoms with E-state index in [0.717, 1.165) is 6.07 Å². The fourth-order valence-electron chi connectivity index (χ4n) is 1.27. The third-order valence-corrected chi connectivity index (χ3v) is 2.24. The summed E-state index contributed by atoms with van der Waals surface area (Å²) in [5, 5.41) is 19.0. The van der Waals surface area contributed by atoms with Crippen molar-refractivity contribution in [3.05, 3.63) is 29.6 Å². The Balaban J connectivity index is 2.83. The predicted octanol–water partition coefficient (Wildman–Crippen LogP) is 1.06. The molecule has 0 fully saturated rings. The van der Waals surface area contributed by atoms with Crippen molar-refractivity contribution in [1.29, 1.82) is 0 Å². The monoisotopic (exact) mass is 279 g/mol. The zero-order chi connectivity index (χ0) is 14.6. The number of ether oxygens (including phenoxy) is 1. The maximum atomic E-state index is 12.3. The highest BCUT2D eigenvalue weighted by molar-refractivity contribution is 5.75. The normalized spacial score (nSPS) is 14.8. The summed E-state index contributed by atoms with van der Waals surface area (Å²) in [6, 6.07) is 1.58.